The Hall–Kier alpha value is -1.84. The van der Waals surface area contributed by atoms with Gasteiger partial charge in [0.1, 0.15) is 10.7 Å². The van der Waals surface area contributed by atoms with Crippen molar-refractivity contribution in [2.45, 2.75) is 48.9 Å². The molecule has 0 radical (unpaired) electrons. The molecule has 10 heteroatoms. The second-order valence-electron chi connectivity index (χ2n) is 8.44. The zero-order valence-electron chi connectivity index (χ0n) is 17.6. The number of hydrogen-bond acceptors (Lipinski definition) is 7. The Labute approximate surface area is 200 Å². The van der Waals surface area contributed by atoms with Crippen molar-refractivity contribution in [1.82, 2.24) is 19.7 Å². The van der Waals surface area contributed by atoms with Gasteiger partial charge in [0.25, 0.3) is 0 Å². The van der Waals surface area contributed by atoms with Gasteiger partial charge in [-0.05, 0) is 38.0 Å². The molecule has 7 nitrogen and oxygen atoms in total. The minimum atomic E-state index is -0.185. The number of rotatable bonds is 4. The lowest BCUT2D eigenvalue weighted by atomic mass is 9.73. The summed E-state index contributed by atoms with van der Waals surface area (Å²) in [6, 6.07) is 7.52. The second-order valence-corrected chi connectivity index (χ2v) is 10.3. The number of aliphatic hydroxyl groups excluding tert-OH is 1. The Morgan fingerprint density at radius 1 is 1.22 bits per heavy atom. The maximum Gasteiger partial charge on any atom is 0.153 e. The first-order chi connectivity index (χ1) is 15.4. The van der Waals surface area contributed by atoms with Crippen molar-refractivity contribution in [2.75, 3.05) is 18.0 Å². The van der Waals surface area contributed by atoms with Crippen LogP contribution in [0.2, 0.25) is 10.0 Å². The number of benzene rings is 1. The van der Waals surface area contributed by atoms with Crippen LogP contribution in [0.1, 0.15) is 36.0 Å². The molecule has 0 aliphatic carbocycles. The molecule has 32 heavy (non-hydrogen) atoms. The maximum atomic E-state index is 10.0. The number of aliphatic hydroxyl groups is 1. The van der Waals surface area contributed by atoms with Gasteiger partial charge in [-0.3, -0.25) is 4.68 Å². The van der Waals surface area contributed by atoms with E-state index in [1.807, 2.05) is 36.0 Å². The molecule has 4 heterocycles. The van der Waals surface area contributed by atoms with Gasteiger partial charge in [-0.15, -0.1) is 0 Å². The van der Waals surface area contributed by atoms with Crippen LogP contribution in [0.4, 0.5) is 5.82 Å². The highest BCUT2D eigenvalue weighted by atomic mass is 35.5. The van der Waals surface area contributed by atoms with Gasteiger partial charge >= 0.3 is 0 Å². The lowest BCUT2D eigenvalue weighted by Gasteiger charge is -2.42. The van der Waals surface area contributed by atoms with Crippen molar-refractivity contribution >= 4 is 40.8 Å². The summed E-state index contributed by atoms with van der Waals surface area (Å²) >= 11 is 13.9. The van der Waals surface area contributed by atoms with Crippen LogP contribution in [0.25, 0.3) is 0 Å². The van der Waals surface area contributed by atoms with Crippen LogP contribution in [0, 0.1) is 12.3 Å². The Morgan fingerprint density at radius 3 is 2.72 bits per heavy atom. The van der Waals surface area contributed by atoms with Gasteiger partial charge in [-0.2, -0.15) is 5.10 Å². The molecule has 1 aromatic carbocycles. The zero-order chi connectivity index (χ0) is 22.5. The molecule has 2 aliphatic rings. The van der Waals surface area contributed by atoms with Gasteiger partial charge in [0.2, 0.25) is 0 Å². The summed E-state index contributed by atoms with van der Waals surface area (Å²) in [6.45, 7) is 4.22. The first-order valence-corrected chi connectivity index (χ1v) is 12.1. The molecule has 3 N–H and O–H groups in total. The Morgan fingerprint density at radius 2 is 2.00 bits per heavy atom. The third kappa shape index (κ3) is 3.68. The minimum absolute atomic E-state index is 0.00139. The molecule has 1 fully saturated rings. The molecule has 0 amide bonds. The zero-order valence-corrected chi connectivity index (χ0v) is 20.0. The lowest BCUT2D eigenvalue weighted by molar-refractivity contribution is 0.170. The molecule has 2 aliphatic heterocycles. The highest BCUT2D eigenvalue weighted by molar-refractivity contribution is 7.99. The molecule has 1 atom stereocenters. The van der Waals surface area contributed by atoms with E-state index in [9.17, 15) is 5.11 Å². The van der Waals surface area contributed by atoms with E-state index in [0.29, 0.717) is 20.8 Å². The van der Waals surface area contributed by atoms with Crippen molar-refractivity contribution in [1.29, 1.82) is 0 Å². The summed E-state index contributed by atoms with van der Waals surface area (Å²) in [4.78, 5) is 12.6. The smallest absolute Gasteiger partial charge is 0.153 e. The van der Waals surface area contributed by atoms with Crippen molar-refractivity contribution in [3.63, 3.8) is 0 Å². The fourth-order valence-electron chi connectivity index (χ4n) is 4.73. The van der Waals surface area contributed by atoms with E-state index in [1.54, 1.807) is 6.07 Å². The lowest BCUT2D eigenvalue weighted by Crippen LogP contribution is -2.45. The summed E-state index contributed by atoms with van der Waals surface area (Å²) < 4.78 is 2.04. The molecular formula is C22H24Cl2N6OS. The molecule has 3 aromatic rings. The predicted molar refractivity (Wildman–Crippen MR) is 126 cm³/mol. The van der Waals surface area contributed by atoms with Gasteiger partial charge in [0, 0.05) is 36.1 Å². The summed E-state index contributed by atoms with van der Waals surface area (Å²) in [5, 5.41) is 16.2. The van der Waals surface area contributed by atoms with Crippen LogP contribution in [0.3, 0.4) is 0 Å². The van der Waals surface area contributed by atoms with Crippen molar-refractivity contribution in [2.24, 2.45) is 11.1 Å². The fraction of sp³-hybridized carbons (Fsp3) is 0.409. The number of halogens is 2. The van der Waals surface area contributed by atoms with Crippen molar-refractivity contribution in [3.05, 3.63) is 57.6 Å². The highest BCUT2D eigenvalue weighted by Gasteiger charge is 2.47. The van der Waals surface area contributed by atoms with Crippen LogP contribution in [-0.2, 0) is 13.2 Å². The van der Waals surface area contributed by atoms with E-state index in [4.69, 9.17) is 38.9 Å². The largest absolute Gasteiger partial charge is 0.390 e. The fourth-order valence-corrected chi connectivity index (χ4v) is 6.11. The van der Waals surface area contributed by atoms with Crippen molar-refractivity contribution < 1.29 is 5.11 Å². The van der Waals surface area contributed by atoms with E-state index in [-0.39, 0.29) is 18.1 Å². The summed E-state index contributed by atoms with van der Waals surface area (Å²) in [5.41, 5.74) is 9.11. The number of aryl methyl sites for hydroxylation is 1. The molecule has 0 unspecified atom stereocenters. The van der Waals surface area contributed by atoms with Crippen LogP contribution in [0.15, 0.2) is 40.4 Å². The summed E-state index contributed by atoms with van der Waals surface area (Å²) in [5.74, 6) is 0.741. The van der Waals surface area contributed by atoms with E-state index >= 15 is 0 Å². The Kier molecular flexibility index (Phi) is 5.84. The van der Waals surface area contributed by atoms with Gasteiger partial charge in [-0.1, -0.05) is 41.0 Å². The average molecular weight is 491 g/mol. The SMILES string of the molecule is Cc1nc(N2CCC3(CC2)Cn2nccc2[C@@H]3N)c(CO)nc1Sc1cccc(Cl)c1Cl. The average Bonchev–Trinajstić information content (AvgIpc) is 3.34. The van der Waals surface area contributed by atoms with E-state index in [2.05, 4.69) is 10.00 Å². The molecular weight excluding hydrogens is 467 g/mol. The first-order valence-electron chi connectivity index (χ1n) is 10.5. The molecule has 0 saturated carbocycles. The molecule has 168 valence electrons. The normalized spacial score (nSPS) is 19.5. The van der Waals surface area contributed by atoms with Crippen molar-refractivity contribution in [3.8, 4) is 0 Å². The van der Waals surface area contributed by atoms with Gasteiger partial charge in [-0.25, -0.2) is 9.97 Å². The quantitative estimate of drug-likeness (QED) is 0.564. The number of nitrogens with zero attached hydrogens (tertiary/aromatic N) is 5. The Balaban J connectivity index is 1.36. The van der Waals surface area contributed by atoms with E-state index in [0.717, 1.165) is 54.6 Å². The van der Waals surface area contributed by atoms with Crippen LogP contribution in [0.5, 0.6) is 0 Å². The van der Waals surface area contributed by atoms with E-state index < -0.39 is 0 Å². The molecule has 1 saturated heterocycles. The number of aromatic nitrogens is 4. The van der Waals surface area contributed by atoms with Gasteiger partial charge in [0.05, 0.1) is 34.1 Å². The number of fused-ring (bicyclic) bond motifs is 1. The van der Waals surface area contributed by atoms with E-state index in [1.165, 1.54) is 11.8 Å². The molecule has 5 rings (SSSR count). The third-order valence-electron chi connectivity index (χ3n) is 6.60. The molecule has 1 spiro atoms. The van der Waals surface area contributed by atoms with Crippen LogP contribution >= 0.6 is 35.0 Å². The highest BCUT2D eigenvalue weighted by Crippen LogP contribution is 2.48. The third-order valence-corrected chi connectivity index (χ3v) is 8.67. The predicted octanol–water partition coefficient (Wildman–Crippen LogP) is 4.23. The second kappa shape index (κ2) is 8.50. The number of nitrogens with two attached hydrogens (primary N) is 1. The minimum Gasteiger partial charge on any atom is -0.390 e. The first kappa shape index (κ1) is 22.0. The topological polar surface area (TPSA) is 93.1 Å². The van der Waals surface area contributed by atoms with Gasteiger partial charge in [0.15, 0.2) is 5.82 Å². The summed E-state index contributed by atoms with van der Waals surface area (Å²) in [6.07, 6.45) is 3.70. The monoisotopic (exact) mass is 490 g/mol. The number of hydrogen-bond donors (Lipinski definition) is 2. The maximum absolute atomic E-state index is 10.0. The number of anilines is 1. The van der Waals surface area contributed by atoms with Gasteiger partial charge < -0.3 is 15.7 Å². The Bertz CT molecular complexity index is 1160. The standard InChI is InChI=1S/C22H24Cl2N6OS/c1-13-21(32-17-4-2-3-14(23)18(17)24)28-15(11-31)20(27-13)29-9-6-22(7-10-29)12-30-16(19(22)25)5-8-26-30/h2-5,8,19,31H,6-7,9-12,25H2,1H3/t19-/m0/s1. The van der Waals surface area contributed by atoms with Crippen LogP contribution < -0.4 is 10.6 Å². The molecule has 0 bridgehead atoms. The molecule has 2 aromatic heterocycles. The van der Waals surface area contributed by atoms with Crippen LogP contribution in [-0.4, -0.2) is 37.9 Å². The number of piperidine rings is 1. The summed E-state index contributed by atoms with van der Waals surface area (Å²) in [7, 11) is 0.